The van der Waals surface area contributed by atoms with E-state index >= 15 is 0 Å². The van der Waals surface area contributed by atoms with Crippen LogP contribution in [0.2, 0.25) is 0 Å². The highest BCUT2D eigenvalue weighted by Gasteiger charge is 2.20. The van der Waals surface area contributed by atoms with Gasteiger partial charge in [-0.3, -0.25) is 14.4 Å². The van der Waals surface area contributed by atoms with Crippen molar-refractivity contribution in [2.24, 2.45) is 0 Å². The Morgan fingerprint density at radius 3 is 0.679 bits per heavy atom. The molecule has 1 atom stereocenters. The van der Waals surface area contributed by atoms with E-state index in [2.05, 4.69) is 45.1 Å². The summed E-state index contributed by atoms with van der Waals surface area (Å²) in [6.07, 6.45) is 86.4. The van der Waals surface area contributed by atoms with E-state index in [0.717, 1.165) is 64.2 Å². The van der Waals surface area contributed by atoms with E-state index in [1.807, 2.05) is 0 Å². The van der Waals surface area contributed by atoms with Gasteiger partial charge in [0.05, 0.1) is 0 Å². The minimum Gasteiger partial charge on any atom is -0.462 e. The van der Waals surface area contributed by atoms with Crippen molar-refractivity contribution in [2.45, 2.75) is 425 Å². The predicted octanol–water partition coefficient (Wildman–Crippen LogP) is 25.3. The van der Waals surface area contributed by atoms with Crippen LogP contribution in [0.15, 0.2) is 24.3 Å². The number of carbonyl (C=O) groups excluding carboxylic acids is 3. The third kappa shape index (κ3) is 68.6. The summed E-state index contributed by atoms with van der Waals surface area (Å²) in [5.74, 6) is -0.826. The van der Waals surface area contributed by atoms with Gasteiger partial charge < -0.3 is 14.2 Å². The minimum atomic E-state index is -0.767. The number of carbonyl (C=O) groups is 3. The van der Waals surface area contributed by atoms with E-state index < -0.39 is 6.10 Å². The molecule has 0 spiro atoms. The maximum absolute atomic E-state index is 13.0. The van der Waals surface area contributed by atoms with E-state index in [9.17, 15) is 14.4 Å². The molecule has 0 fully saturated rings. The molecule has 0 rings (SSSR count). The summed E-state index contributed by atoms with van der Waals surface area (Å²) in [5.41, 5.74) is 0. The summed E-state index contributed by atoms with van der Waals surface area (Å²) in [7, 11) is 0. The maximum atomic E-state index is 13.0. The van der Waals surface area contributed by atoms with E-state index in [-0.39, 0.29) is 31.1 Å². The molecule has 0 aromatic heterocycles. The van der Waals surface area contributed by atoms with Gasteiger partial charge in [-0.25, -0.2) is 0 Å². The molecule has 81 heavy (non-hydrogen) atoms. The highest BCUT2D eigenvalue weighted by molar-refractivity contribution is 5.71. The number of allylic oxidation sites excluding steroid dienone is 4. The summed E-state index contributed by atoms with van der Waals surface area (Å²) in [5, 5.41) is 0. The Morgan fingerprint density at radius 2 is 0.444 bits per heavy atom. The van der Waals surface area contributed by atoms with Gasteiger partial charge in [0, 0.05) is 19.3 Å². The summed E-state index contributed by atoms with van der Waals surface area (Å²) in [6.45, 7) is 6.73. The van der Waals surface area contributed by atoms with Crippen molar-refractivity contribution in [3.63, 3.8) is 0 Å². The van der Waals surface area contributed by atoms with Crippen LogP contribution in [-0.2, 0) is 28.6 Å². The lowest BCUT2D eigenvalue weighted by molar-refractivity contribution is -0.167. The molecule has 0 aromatic carbocycles. The van der Waals surface area contributed by atoms with Crippen LogP contribution in [0.4, 0.5) is 0 Å². The lowest BCUT2D eigenvalue weighted by atomic mass is 10.0. The van der Waals surface area contributed by atoms with Gasteiger partial charge in [-0.2, -0.15) is 0 Å². The quantitative estimate of drug-likeness (QED) is 0.0261. The van der Waals surface area contributed by atoms with Gasteiger partial charge in [-0.15, -0.1) is 0 Å². The van der Waals surface area contributed by atoms with E-state index in [0.29, 0.717) is 19.3 Å². The molecule has 6 heteroatoms. The lowest BCUT2D eigenvalue weighted by Crippen LogP contribution is -2.30. The van der Waals surface area contributed by atoms with Gasteiger partial charge >= 0.3 is 17.9 Å². The molecule has 0 saturated carbocycles. The number of esters is 3. The van der Waals surface area contributed by atoms with Crippen LogP contribution in [0.25, 0.3) is 0 Å². The van der Waals surface area contributed by atoms with Crippen molar-refractivity contribution >= 4 is 17.9 Å². The first-order chi connectivity index (χ1) is 40.0. The van der Waals surface area contributed by atoms with Crippen LogP contribution in [-0.4, -0.2) is 37.2 Å². The molecule has 0 aliphatic rings. The SMILES string of the molecule is CCCCCCC/C=C\C/C=C\CCCCCCCCCCCCCCCCCC(=O)OCC(COC(=O)CCCCCCCCCCCCCCCCCC)OC(=O)CCCCCCCCCCCCCCCCCCCCCC. The average molecular weight is 1140 g/mol. The highest BCUT2D eigenvalue weighted by atomic mass is 16.6. The Morgan fingerprint density at radius 1 is 0.247 bits per heavy atom. The number of unbranched alkanes of at least 4 members (excludes halogenated alkanes) is 54. The van der Waals surface area contributed by atoms with Crippen molar-refractivity contribution < 1.29 is 28.6 Å². The second-order valence-corrected chi connectivity index (χ2v) is 25.2. The Labute approximate surface area is 506 Å². The van der Waals surface area contributed by atoms with Crippen LogP contribution < -0.4 is 0 Å². The van der Waals surface area contributed by atoms with Crippen LogP contribution in [0.5, 0.6) is 0 Å². The van der Waals surface area contributed by atoms with E-state index in [4.69, 9.17) is 14.2 Å². The molecule has 6 nitrogen and oxygen atoms in total. The molecule has 0 radical (unpaired) electrons. The monoisotopic (exact) mass is 1140 g/mol. The summed E-state index contributed by atoms with van der Waals surface area (Å²) in [6, 6.07) is 0. The standard InChI is InChI=1S/C75H142O6/c1-4-7-10-13-16-19-22-25-28-31-33-35-36-37-38-39-40-41-43-44-47-50-53-56-59-62-65-68-74(77)80-71-72(70-79-73(76)67-64-61-58-55-52-49-46-30-27-24-21-18-15-12-9-6-3)81-75(78)69-66-63-60-57-54-51-48-45-42-34-32-29-26-23-20-17-14-11-8-5-2/h22,25,31,33,72H,4-21,23-24,26-30,32,34-71H2,1-3H3/b25-22-,33-31-. The molecule has 0 amide bonds. The van der Waals surface area contributed by atoms with E-state index in [1.165, 1.54) is 315 Å². The Balaban J connectivity index is 4.23. The summed E-state index contributed by atoms with van der Waals surface area (Å²) in [4.78, 5) is 38.5. The predicted molar refractivity (Wildman–Crippen MR) is 353 cm³/mol. The third-order valence-corrected chi connectivity index (χ3v) is 17.0. The average Bonchev–Trinajstić information content (AvgIpc) is 3.47. The second-order valence-electron chi connectivity index (χ2n) is 25.2. The largest absolute Gasteiger partial charge is 0.462 e. The first kappa shape index (κ1) is 78.9. The molecule has 0 aromatic rings. The molecule has 0 bridgehead atoms. The molecule has 0 aliphatic carbocycles. The molecule has 1 unspecified atom stereocenters. The van der Waals surface area contributed by atoms with Crippen LogP contribution in [0, 0.1) is 0 Å². The van der Waals surface area contributed by atoms with Crippen LogP contribution in [0.3, 0.4) is 0 Å². The first-order valence-corrected chi connectivity index (χ1v) is 36.8. The molecule has 0 N–H and O–H groups in total. The van der Waals surface area contributed by atoms with Gasteiger partial charge in [0.25, 0.3) is 0 Å². The van der Waals surface area contributed by atoms with Gasteiger partial charge in [0.1, 0.15) is 13.2 Å². The molecule has 0 saturated heterocycles. The van der Waals surface area contributed by atoms with Crippen LogP contribution >= 0.6 is 0 Å². The zero-order valence-electron chi connectivity index (χ0n) is 55.1. The van der Waals surface area contributed by atoms with Crippen molar-refractivity contribution in [3.05, 3.63) is 24.3 Å². The van der Waals surface area contributed by atoms with Crippen molar-refractivity contribution in [2.75, 3.05) is 13.2 Å². The molecule has 0 aliphatic heterocycles. The van der Waals surface area contributed by atoms with Gasteiger partial charge in [-0.1, -0.05) is 373 Å². The highest BCUT2D eigenvalue weighted by Crippen LogP contribution is 2.19. The third-order valence-electron chi connectivity index (χ3n) is 17.0. The molecular weight excluding hydrogens is 997 g/mol. The summed E-state index contributed by atoms with van der Waals surface area (Å²) < 4.78 is 17.0. The topological polar surface area (TPSA) is 78.9 Å². The van der Waals surface area contributed by atoms with Gasteiger partial charge in [0.2, 0.25) is 0 Å². The smallest absolute Gasteiger partial charge is 0.306 e. The number of rotatable bonds is 69. The van der Waals surface area contributed by atoms with Crippen molar-refractivity contribution in [3.8, 4) is 0 Å². The first-order valence-electron chi connectivity index (χ1n) is 36.8. The van der Waals surface area contributed by atoms with Gasteiger partial charge in [-0.05, 0) is 51.4 Å². The Bertz CT molecular complexity index is 1310. The summed E-state index contributed by atoms with van der Waals surface area (Å²) >= 11 is 0. The van der Waals surface area contributed by atoms with Gasteiger partial charge in [0.15, 0.2) is 6.10 Å². The Hall–Kier alpha value is -2.11. The fourth-order valence-electron chi connectivity index (χ4n) is 11.4. The fourth-order valence-corrected chi connectivity index (χ4v) is 11.4. The number of ether oxygens (including phenoxy) is 3. The number of hydrogen-bond donors (Lipinski definition) is 0. The maximum Gasteiger partial charge on any atom is 0.306 e. The molecular formula is C75H142O6. The van der Waals surface area contributed by atoms with Crippen molar-refractivity contribution in [1.82, 2.24) is 0 Å². The zero-order chi connectivity index (χ0) is 58.5. The normalized spacial score (nSPS) is 12.1. The van der Waals surface area contributed by atoms with Crippen molar-refractivity contribution in [1.29, 1.82) is 0 Å². The lowest BCUT2D eigenvalue weighted by Gasteiger charge is -2.18. The van der Waals surface area contributed by atoms with E-state index in [1.54, 1.807) is 0 Å². The molecule has 0 heterocycles. The van der Waals surface area contributed by atoms with Crippen LogP contribution in [0.1, 0.15) is 419 Å². The zero-order valence-corrected chi connectivity index (χ0v) is 55.1. The fraction of sp³-hybridized carbons (Fsp3) is 0.907. The molecule has 478 valence electrons. The number of hydrogen-bond acceptors (Lipinski definition) is 6. The minimum absolute atomic E-state index is 0.0632. The second kappa shape index (κ2) is 70.4. The Kier molecular flexibility index (Phi) is 68.5.